The molecule has 0 spiro atoms. The molecule has 2 heterocycles. The molecular weight excluding hydrogens is 258 g/mol. The summed E-state index contributed by atoms with van der Waals surface area (Å²) in [4.78, 5) is 6.88. The summed E-state index contributed by atoms with van der Waals surface area (Å²) >= 11 is 1.63. The van der Waals surface area contributed by atoms with Gasteiger partial charge in [-0.15, -0.1) is 11.3 Å². The van der Waals surface area contributed by atoms with Gasteiger partial charge in [0, 0.05) is 37.1 Å². The van der Waals surface area contributed by atoms with Crippen LogP contribution in [0.4, 0.5) is 0 Å². The maximum Gasteiger partial charge on any atom is 0.123 e. The maximum absolute atomic E-state index is 5.76. The summed E-state index contributed by atoms with van der Waals surface area (Å²) in [7, 11) is 0. The number of hydrogen-bond donors (Lipinski definition) is 1. The number of thiazole rings is 1. The molecule has 1 aliphatic heterocycles. The summed E-state index contributed by atoms with van der Waals surface area (Å²) < 4.78 is 5.76. The number of hydrogen-bond acceptors (Lipinski definition) is 5. The number of ether oxygens (including phenoxy) is 1. The quantitative estimate of drug-likeness (QED) is 0.931. The second-order valence-corrected chi connectivity index (χ2v) is 5.55. The normalized spacial score (nSPS) is 15.6. The van der Waals surface area contributed by atoms with Crippen LogP contribution in [-0.2, 0) is 19.6 Å². The van der Waals surface area contributed by atoms with E-state index in [2.05, 4.69) is 27.4 Å². The topological polar surface area (TPSA) is 51.4 Å². The molecule has 0 saturated heterocycles. The molecule has 5 heteroatoms. The van der Waals surface area contributed by atoms with Gasteiger partial charge < -0.3 is 10.5 Å². The smallest absolute Gasteiger partial charge is 0.123 e. The van der Waals surface area contributed by atoms with E-state index in [9.17, 15) is 0 Å². The molecular formula is C14H17N3OS. The average molecular weight is 275 g/mol. The number of nitrogens with zero attached hydrogens (tertiary/aromatic N) is 2. The van der Waals surface area contributed by atoms with Crippen LogP contribution in [0.2, 0.25) is 0 Å². The number of nitrogens with two attached hydrogens (primary N) is 1. The van der Waals surface area contributed by atoms with Gasteiger partial charge in [-0.3, -0.25) is 4.90 Å². The second-order valence-electron chi connectivity index (χ2n) is 4.60. The van der Waals surface area contributed by atoms with Gasteiger partial charge in [-0.25, -0.2) is 4.98 Å². The molecule has 19 heavy (non-hydrogen) atoms. The van der Waals surface area contributed by atoms with Crippen molar-refractivity contribution in [1.82, 2.24) is 9.88 Å². The van der Waals surface area contributed by atoms with E-state index in [1.165, 1.54) is 5.56 Å². The summed E-state index contributed by atoms with van der Waals surface area (Å²) in [6.45, 7) is 3.94. The minimum Gasteiger partial charge on any atom is -0.492 e. The molecule has 100 valence electrons. The lowest BCUT2D eigenvalue weighted by atomic mass is 10.2. The van der Waals surface area contributed by atoms with Crippen LogP contribution in [0.15, 0.2) is 29.6 Å². The van der Waals surface area contributed by atoms with Crippen LogP contribution in [0, 0.1) is 0 Å². The van der Waals surface area contributed by atoms with Gasteiger partial charge in [-0.1, -0.05) is 18.2 Å². The lowest BCUT2D eigenvalue weighted by Crippen LogP contribution is -2.25. The summed E-state index contributed by atoms with van der Waals surface area (Å²) in [5, 5.41) is 3.10. The Morgan fingerprint density at radius 2 is 2.26 bits per heavy atom. The highest BCUT2D eigenvalue weighted by atomic mass is 32.1. The standard InChI is InChI=1S/C14H17N3OS/c15-7-14-16-12(10-19-14)9-17-5-6-18-13-4-2-1-3-11(13)8-17/h1-4,10H,5-9,15H2. The van der Waals surface area contributed by atoms with Crippen LogP contribution in [-0.4, -0.2) is 23.0 Å². The molecule has 0 atom stereocenters. The fraction of sp³-hybridized carbons (Fsp3) is 0.357. The van der Waals surface area contributed by atoms with Gasteiger partial charge in [0.1, 0.15) is 17.4 Å². The molecule has 4 nitrogen and oxygen atoms in total. The van der Waals surface area contributed by atoms with E-state index in [0.29, 0.717) is 6.54 Å². The summed E-state index contributed by atoms with van der Waals surface area (Å²) in [5.74, 6) is 1.01. The highest BCUT2D eigenvalue weighted by molar-refractivity contribution is 7.09. The molecule has 0 unspecified atom stereocenters. The number of aromatic nitrogens is 1. The predicted molar refractivity (Wildman–Crippen MR) is 76.1 cm³/mol. The number of rotatable bonds is 3. The number of benzene rings is 1. The second kappa shape index (κ2) is 5.69. The third-order valence-corrected chi connectivity index (χ3v) is 4.11. The Balaban J connectivity index is 1.72. The fourth-order valence-corrected chi connectivity index (χ4v) is 2.92. The molecule has 0 bridgehead atoms. The molecule has 3 rings (SSSR count). The lowest BCUT2D eigenvalue weighted by Gasteiger charge is -2.17. The van der Waals surface area contributed by atoms with E-state index in [1.54, 1.807) is 11.3 Å². The van der Waals surface area contributed by atoms with Crippen molar-refractivity contribution < 1.29 is 4.74 Å². The van der Waals surface area contributed by atoms with E-state index in [4.69, 9.17) is 10.5 Å². The Morgan fingerprint density at radius 3 is 3.11 bits per heavy atom. The SMILES string of the molecule is NCc1nc(CN2CCOc3ccccc3C2)cs1. The first-order valence-corrected chi connectivity index (χ1v) is 7.29. The summed E-state index contributed by atoms with van der Waals surface area (Å²) in [6, 6.07) is 8.23. The lowest BCUT2D eigenvalue weighted by molar-refractivity contribution is 0.218. The molecule has 1 aliphatic rings. The maximum atomic E-state index is 5.76. The van der Waals surface area contributed by atoms with Crippen LogP contribution in [0.1, 0.15) is 16.3 Å². The van der Waals surface area contributed by atoms with Gasteiger partial charge >= 0.3 is 0 Å². The van der Waals surface area contributed by atoms with Crippen LogP contribution in [0.3, 0.4) is 0 Å². The molecule has 2 N–H and O–H groups in total. The molecule has 0 fully saturated rings. The van der Waals surface area contributed by atoms with E-state index in [0.717, 1.165) is 42.7 Å². The van der Waals surface area contributed by atoms with Crippen LogP contribution < -0.4 is 10.5 Å². The Kier molecular flexibility index (Phi) is 3.77. The highest BCUT2D eigenvalue weighted by Crippen LogP contribution is 2.23. The Hall–Kier alpha value is -1.43. The molecule has 2 aromatic rings. The average Bonchev–Trinajstić information content (AvgIpc) is 2.78. The highest BCUT2D eigenvalue weighted by Gasteiger charge is 2.15. The summed E-state index contributed by atoms with van der Waals surface area (Å²) in [6.07, 6.45) is 0. The van der Waals surface area contributed by atoms with Gasteiger partial charge in [-0.05, 0) is 6.07 Å². The monoisotopic (exact) mass is 275 g/mol. The van der Waals surface area contributed by atoms with E-state index in [1.807, 2.05) is 12.1 Å². The third-order valence-electron chi connectivity index (χ3n) is 3.19. The molecule has 0 radical (unpaired) electrons. The van der Waals surface area contributed by atoms with Crippen molar-refractivity contribution in [2.24, 2.45) is 5.73 Å². The summed E-state index contributed by atoms with van der Waals surface area (Å²) in [5.41, 5.74) is 7.95. The first kappa shape index (κ1) is 12.6. The van der Waals surface area contributed by atoms with Crippen molar-refractivity contribution in [3.63, 3.8) is 0 Å². The van der Waals surface area contributed by atoms with E-state index >= 15 is 0 Å². The Labute approximate surface area is 116 Å². The van der Waals surface area contributed by atoms with Gasteiger partial charge in [-0.2, -0.15) is 0 Å². The first-order valence-electron chi connectivity index (χ1n) is 6.41. The van der Waals surface area contributed by atoms with E-state index < -0.39 is 0 Å². The first-order chi connectivity index (χ1) is 9.35. The van der Waals surface area contributed by atoms with Crippen molar-refractivity contribution in [2.45, 2.75) is 19.6 Å². The predicted octanol–water partition coefficient (Wildman–Crippen LogP) is 2.00. The molecule has 1 aromatic heterocycles. The molecule has 1 aromatic carbocycles. The number of para-hydroxylation sites is 1. The zero-order chi connectivity index (χ0) is 13.1. The molecule has 0 amide bonds. The Morgan fingerprint density at radius 1 is 1.37 bits per heavy atom. The minimum atomic E-state index is 0.524. The molecule has 0 aliphatic carbocycles. The van der Waals surface area contributed by atoms with Crippen molar-refractivity contribution in [2.75, 3.05) is 13.2 Å². The zero-order valence-electron chi connectivity index (χ0n) is 10.7. The van der Waals surface area contributed by atoms with Gasteiger partial charge in [0.05, 0.1) is 5.69 Å². The van der Waals surface area contributed by atoms with Crippen LogP contribution >= 0.6 is 11.3 Å². The third kappa shape index (κ3) is 2.94. The van der Waals surface area contributed by atoms with Gasteiger partial charge in [0.2, 0.25) is 0 Å². The molecule has 0 saturated carbocycles. The van der Waals surface area contributed by atoms with Crippen LogP contribution in [0.25, 0.3) is 0 Å². The fourth-order valence-electron chi connectivity index (χ4n) is 2.26. The van der Waals surface area contributed by atoms with E-state index in [-0.39, 0.29) is 0 Å². The van der Waals surface area contributed by atoms with Crippen LogP contribution in [0.5, 0.6) is 5.75 Å². The van der Waals surface area contributed by atoms with Crippen molar-refractivity contribution in [3.8, 4) is 5.75 Å². The van der Waals surface area contributed by atoms with Crippen molar-refractivity contribution in [3.05, 3.63) is 45.9 Å². The largest absolute Gasteiger partial charge is 0.492 e. The van der Waals surface area contributed by atoms with Crippen molar-refractivity contribution >= 4 is 11.3 Å². The van der Waals surface area contributed by atoms with Gasteiger partial charge in [0.25, 0.3) is 0 Å². The minimum absolute atomic E-state index is 0.524. The zero-order valence-corrected chi connectivity index (χ0v) is 11.5. The Bertz CT molecular complexity index is 555. The van der Waals surface area contributed by atoms with Crippen molar-refractivity contribution in [1.29, 1.82) is 0 Å². The number of fused-ring (bicyclic) bond motifs is 1. The van der Waals surface area contributed by atoms with Gasteiger partial charge in [0.15, 0.2) is 0 Å².